The molecule has 0 saturated heterocycles. The molecular weight excluding hydrogens is 202 g/mol. The van der Waals surface area contributed by atoms with Crippen molar-refractivity contribution in [2.75, 3.05) is 18.5 Å². The van der Waals surface area contributed by atoms with Gasteiger partial charge in [0.15, 0.2) is 6.61 Å². The van der Waals surface area contributed by atoms with Crippen molar-refractivity contribution in [3.05, 3.63) is 29.8 Å². The number of hydrogen-bond donors (Lipinski definition) is 1. The Morgan fingerprint density at radius 3 is 2.69 bits per heavy atom. The first kappa shape index (κ1) is 12.1. The van der Waals surface area contributed by atoms with E-state index >= 15 is 0 Å². The lowest BCUT2D eigenvalue weighted by atomic mass is 10.2. The SMILES string of the molecule is C#CCOC(=O)c1ccc(NCCC)cc1. The molecule has 3 nitrogen and oxygen atoms in total. The van der Waals surface area contributed by atoms with Crippen molar-refractivity contribution < 1.29 is 9.53 Å². The van der Waals surface area contributed by atoms with Gasteiger partial charge in [-0.3, -0.25) is 0 Å². The van der Waals surface area contributed by atoms with Crippen LogP contribution < -0.4 is 5.32 Å². The van der Waals surface area contributed by atoms with Crippen LogP contribution in [0.25, 0.3) is 0 Å². The molecule has 0 spiro atoms. The highest BCUT2D eigenvalue weighted by atomic mass is 16.5. The minimum atomic E-state index is -0.389. The lowest BCUT2D eigenvalue weighted by Crippen LogP contribution is -2.05. The first-order chi connectivity index (χ1) is 7.77. The average Bonchev–Trinajstić information content (AvgIpc) is 2.34. The number of ether oxygens (including phenoxy) is 1. The first-order valence-electron chi connectivity index (χ1n) is 5.22. The fourth-order valence-corrected chi connectivity index (χ4v) is 1.18. The number of carbonyl (C=O) groups excluding carboxylic acids is 1. The van der Waals surface area contributed by atoms with E-state index in [2.05, 4.69) is 18.2 Å². The van der Waals surface area contributed by atoms with Gasteiger partial charge in [-0.15, -0.1) is 6.42 Å². The van der Waals surface area contributed by atoms with E-state index in [1.165, 1.54) is 0 Å². The van der Waals surface area contributed by atoms with Gasteiger partial charge in [-0.1, -0.05) is 12.8 Å². The molecule has 0 aromatic heterocycles. The van der Waals surface area contributed by atoms with Crippen LogP contribution >= 0.6 is 0 Å². The molecule has 1 aromatic carbocycles. The average molecular weight is 217 g/mol. The number of terminal acetylenes is 1. The number of anilines is 1. The number of benzene rings is 1. The van der Waals surface area contributed by atoms with Crippen LogP contribution in [0.5, 0.6) is 0 Å². The van der Waals surface area contributed by atoms with Crippen LogP contribution in [0.1, 0.15) is 23.7 Å². The second-order valence-electron chi connectivity index (χ2n) is 3.28. The van der Waals surface area contributed by atoms with E-state index in [9.17, 15) is 4.79 Å². The van der Waals surface area contributed by atoms with E-state index in [1.54, 1.807) is 12.1 Å². The summed E-state index contributed by atoms with van der Waals surface area (Å²) in [7, 11) is 0. The number of carbonyl (C=O) groups is 1. The highest BCUT2D eigenvalue weighted by molar-refractivity contribution is 5.89. The van der Waals surface area contributed by atoms with Gasteiger partial charge in [-0.05, 0) is 30.7 Å². The maximum absolute atomic E-state index is 11.4. The van der Waals surface area contributed by atoms with Crippen LogP contribution in [0.15, 0.2) is 24.3 Å². The molecule has 3 heteroatoms. The predicted molar refractivity (Wildman–Crippen MR) is 64.3 cm³/mol. The van der Waals surface area contributed by atoms with Gasteiger partial charge in [-0.2, -0.15) is 0 Å². The smallest absolute Gasteiger partial charge is 0.339 e. The zero-order chi connectivity index (χ0) is 11.8. The topological polar surface area (TPSA) is 38.3 Å². The zero-order valence-corrected chi connectivity index (χ0v) is 9.32. The van der Waals surface area contributed by atoms with Crippen LogP contribution in [0.4, 0.5) is 5.69 Å². The Hall–Kier alpha value is -1.95. The predicted octanol–water partition coefficient (Wildman–Crippen LogP) is 2.30. The van der Waals surface area contributed by atoms with Gasteiger partial charge in [0.1, 0.15) is 0 Å². The van der Waals surface area contributed by atoms with E-state index in [0.717, 1.165) is 18.7 Å². The summed E-state index contributed by atoms with van der Waals surface area (Å²) in [5.41, 5.74) is 1.51. The summed E-state index contributed by atoms with van der Waals surface area (Å²) in [5, 5.41) is 3.22. The molecule has 0 aliphatic heterocycles. The van der Waals surface area contributed by atoms with Gasteiger partial charge in [0, 0.05) is 12.2 Å². The van der Waals surface area contributed by atoms with Crippen LogP contribution in [0.2, 0.25) is 0 Å². The standard InChI is InChI=1S/C13H15NO2/c1-3-9-14-12-7-5-11(6-8-12)13(15)16-10-4-2/h2,5-8,14H,3,9-10H2,1H3. The summed E-state index contributed by atoms with van der Waals surface area (Å²) in [6, 6.07) is 7.14. The molecule has 0 atom stereocenters. The van der Waals surface area contributed by atoms with Gasteiger partial charge < -0.3 is 10.1 Å². The highest BCUT2D eigenvalue weighted by Gasteiger charge is 2.05. The summed E-state index contributed by atoms with van der Waals surface area (Å²) in [6.07, 6.45) is 6.06. The molecule has 0 bridgehead atoms. The Kier molecular flexibility index (Phi) is 4.94. The van der Waals surface area contributed by atoms with E-state index in [1.807, 2.05) is 12.1 Å². The molecule has 0 aliphatic carbocycles. The lowest BCUT2D eigenvalue weighted by Gasteiger charge is -2.05. The molecule has 1 N–H and O–H groups in total. The first-order valence-corrected chi connectivity index (χ1v) is 5.22. The van der Waals surface area contributed by atoms with E-state index in [4.69, 9.17) is 11.2 Å². The summed E-state index contributed by atoms with van der Waals surface area (Å²) >= 11 is 0. The second kappa shape index (κ2) is 6.52. The molecule has 1 aromatic rings. The third-order valence-electron chi connectivity index (χ3n) is 1.99. The highest BCUT2D eigenvalue weighted by Crippen LogP contribution is 2.10. The third kappa shape index (κ3) is 3.66. The number of rotatable bonds is 5. The zero-order valence-electron chi connectivity index (χ0n) is 9.32. The van der Waals surface area contributed by atoms with E-state index in [-0.39, 0.29) is 12.6 Å². The van der Waals surface area contributed by atoms with Crippen LogP contribution in [0.3, 0.4) is 0 Å². The quantitative estimate of drug-likeness (QED) is 0.607. The Labute approximate surface area is 95.8 Å². The van der Waals surface area contributed by atoms with Gasteiger partial charge in [0.25, 0.3) is 0 Å². The Balaban J connectivity index is 2.57. The second-order valence-corrected chi connectivity index (χ2v) is 3.28. The van der Waals surface area contributed by atoms with Crippen molar-refractivity contribution in [1.82, 2.24) is 0 Å². The van der Waals surface area contributed by atoms with E-state index < -0.39 is 0 Å². The Morgan fingerprint density at radius 1 is 1.44 bits per heavy atom. The van der Waals surface area contributed by atoms with Crippen molar-refractivity contribution in [2.45, 2.75) is 13.3 Å². The van der Waals surface area contributed by atoms with Gasteiger partial charge >= 0.3 is 5.97 Å². The normalized spacial score (nSPS) is 9.25. The van der Waals surface area contributed by atoms with Crippen molar-refractivity contribution in [3.63, 3.8) is 0 Å². The maximum atomic E-state index is 11.4. The summed E-state index contributed by atoms with van der Waals surface area (Å²) < 4.78 is 4.80. The summed E-state index contributed by atoms with van der Waals surface area (Å²) in [6.45, 7) is 3.02. The third-order valence-corrected chi connectivity index (χ3v) is 1.99. The summed E-state index contributed by atoms with van der Waals surface area (Å²) in [5.74, 6) is 1.86. The van der Waals surface area contributed by atoms with Gasteiger partial charge in [0.05, 0.1) is 5.56 Å². The monoisotopic (exact) mass is 217 g/mol. The fraction of sp³-hybridized carbons (Fsp3) is 0.308. The lowest BCUT2D eigenvalue weighted by molar-refractivity contribution is 0.0557. The maximum Gasteiger partial charge on any atom is 0.339 e. The molecule has 0 heterocycles. The van der Waals surface area contributed by atoms with Crippen molar-refractivity contribution in [2.24, 2.45) is 0 Å². The molecule has 84 valence electrons. The molecule has 0 amide bonds. The molecular formula is C13H15NO2. The number of nitrogens with one attached hydrogen (secondary N) is 1. The molecule has 0 unspecified atom stereocenters. The molecule has 0 saturated carbocycles. The minimum Gasteiger partial charge on any atom is -0.449 e. The fourth-order valence-electron chi connectivity index (χ4n) is 1.18. The van der Waals surface area contributed by atoms with Crippen LogP contribution in [-0.2, 0) is 4.74 Å². The molecule has 1 rings (SSSR count). The number of esters is 1. The van der Waals surface area contributed by atoms with Crippen molar-refractivity contribution >= 4 is 11.7 Å². The molecule has 0 fully saturated rings. The van der Waals surface area contributed by atoms with Gasteiger partial charge in [-0.25, -0.2) is 4.79 Å². The molecule has 0 aliphatic rings. The molecule has 16 heavy (non-hydrogen) atoms. The summed E-state index contributed by atoms with van der Waals surface area (Å²) in [4.78, 5) is 11.4. The van der Waals surface area contributed by atoms with Gasteiger partial charge in [0.2, 0.25) is 0 Å². The van der Waals surface area contributed by atoms with Crippen LogP contribution in [-0.4, -0.2) is 19.1 Å². The van der Waals surface area contributed by atoms with Crippen LogP contribution in [0, 0.1) is 12.3 Å². The van der Waals surface area contributed by atoms with Crippen molar-refractivity contribution in [1.29, 1.82) is 0 Å². The number of hydrogen-bond acceptors (Lipinski definition) is 3. The Morgan fingerprint density at radius 2 is 2.12 bits per heavy atom. The minimum absolute atomic E-state index is 0.00860. The largest absolute Gasteiger partial charge is 0.449 e. The molecule has 0 radical (unpaired) electrons. The van der Waals surface area contributed by atoms with E-state index in [0.29, 0.717) is 5.56 Å². The van der Waals surface area contributed by atoms with Crippen molar-refractivity contribution in [3.8, 4) is 12.3 Å². The Bertz CT molecular complexity index is 376.